The monoisotopic (exact) mass is 695 g/mol. The van der Waals surface area contributed by atoms with Gasteiger partial charge in [-0.25, -0.2) is 13.1 Å². The predicted octanol–water partition coefficient (Wildman–Crippen LogP) is 6.68. The van der Waals surface area contributed by atoms with Gasteiger partial charge in [-0.1, -0.05) is 91.9 Å². The van der Waals surface area contributed by atoms with Crippen molar-refractivity contribution in [2.24, 2.45) is 5.92 Å². The SMILES string of the molecule is CC1C(CN2CCCC2CN2CCCC2)OC(c2ccc(-c3cccc(CNS(=O)(=O)c4ccccc4)c3)cc2)OC1c1ccc(CO)cc1. The Hall–Kier alpha value is -3.41. The number of aliphatic hydroxyl groups excluding tert-OH is 1. The highest BCUT2D eigenvalue weighted by Gasteiger charge is 2.40. The molecule has 7 rings (SSSR count). The van der Waals surface area contributed by atoms with Gasteiger partial charge < -0.3 is 19.5 Å². The highest BCUT2D eigenvalue weighted by atomic mass is 32.2. The molecule has 0 radical (unpaired) electrons. The second-order valence-corrected chi connectivity index (χ2v) is 15.8. The third-order valence-corrected chi connectivity index (χ3v) is 12.1. The van der Waals surface area contributed by atoms with Crippen LogP contribution in [0.25, 0.3) is 11.1 Å². The van der Waals surface area contributed by atoms with Crippen molar-refractivity contribution in [3.05, 3.63) is 125 Å². The summed E-state index contributed by atoms with van der Waals surface area (Å²) in [4.78, 5) is 5.54. The topological polar surface area (TPSA) is 91.3 Å². The van der Waals surface area contributed by atoms with E-state index in [9.17, 15) is 13.5 Å². The number of aliphatic hydroxyl groups is 1. The van der Waals surface area contributed by atoms with Gasteiger partial charge >= 0.3 is 0 Å². The van der Waals surface area contributed by atoms with Gasteiger partial charge in [0.2, 0.25) is 10.0 Å². The smallest absolute Gasteiger partial charge is 0.240 e. The second-order valence-electron chi connectivity index (χ2n) is 14.1. The second kappa shape index (κ2) is 15.9. The van der Waals surface area contributed by atoms with Crippen molar-refractivity contribution in [3.63, 3.8) is 0 Å². The summed E-state index contributed by atoms with van der Waals surface area (Å²) in [5.74, 6) is 0.139. The molecule has 3 saturated heterocycles. The summed E-state index contributed by atoms with van der Waals surface area (Å²) in [7, 11) is -3.60. The van der Waals surface area contributed by atoms with Crippen LogP contribution in [0.4, 0.5) is 0 Å². The van der Waals surface area contributed by atoms with E-state index in [2.05, 4.69) is 57.8 Å². The minimum Gasteiger partial charge on any atom is -0.392 e. The lowest BCUT2D eigenvalue weighted by Crippen LogP contribution is -2.48. The fourth-order valence-electron chi connectivity index (χ4n) is 7.72. The number of hydrogen-bond donors (Lipinski definition) is 2. The molecular weight excluding hydrogens is 647 g/mol. The third-order valence-electron chi connectivity index (χ3n) is 10.7. The zero-order chi connectivity index (χ0) is 34.5. The van der Waals surface area contributed by atoms with Gasteiger partial charge in [-0.05, 0) is 91.3 Å². The highest BCUT2D eigenvalue weighted by molar-refractivity contribution is 7.89. The summed E-state index contributed by atoms with van der Waals surface area (Å²) in [5.41, 5.74) is 5.85. The molecule has 2 N–H and O–H groups in total. The van der Waals surface area contributed by atoms with Crippen LogP contribution in [0.1, 0.15) is 67.3 Å². The molecule has 3 heterocycles. The fraction of sp³-hybridized carbons (Fsp3) is 0.415. The molecule has 4 aromatic carbocycles. The summed E-state index contributed by atoms with van der Waals surface area (Å²) in [6.07, 6.45) is 4.41. The minimum absolute atomic E-state index is 0.00790. The van der Waals surface area contributed by atoms with E-state index in [1.165, 1.54) is 38.8 Å². The molecule has 50 heavy (non-hydrogen) atoms. The number of benzene rings is 4. The van der Waals surface area contributed by atoms with E-state index in [-0.39, 0.29) is 36.2 Å². The Bertz CT molecular complexity index is 1800. The van der Waals surface area contributed by atoms with Crippen LogP contribution in [0.3, 0.4) is 0 Å². The van der Waals surface area contributed by atoms with Crippen LogP contribution in [0.15, 0.2) is 108 Å². The van der Waals surface area contributed by atoms with E-state index in [4.69, 9.17) is 9.47 Å². The van der Waals surface area contributed by atoms with Crippen LogP contribution in [0, 0.1) is 5.92 Å². The molecule has 0 spiro atoms. The number of nitrogens with one attached hydrogen (secondary N) is 1. The van der Waals surface area contributed by atoms with E-state index in [0.29, 0.717) is 6.04 Å². The van der Waals surface area contributed by atoms with Crippen molar-refractivity contribution in [3.8, 4) is 11.1 Å². The molecule has 0 aromatic heterocycles. The summed E-state index contributed by atoms with van der Waals surface area (Å²) in [6, 6.07) is 33.4. The van der Waals surface area contributed by atoms with Crippen molar-refractivity contribution in [2.75, 3.05) is 32.7 Å². The van der Waals surface area contributed by atoms with Crippen molar-refractivity contribution < 1.29 is 23.0 Å². The number of rotatable bonds is 12. The van der Waals surface area contributed by atoms with Crippen molar-refractivity contribution >= 4 is 10.0 Å². The van der Waals surface area contributed by atoms with Gasteiger partial charge in [0.1, 0.15) is 0 Å². The van der Waals surface area contributed by atoms with E-state index >= 15 is 0 Å². The number of hydrogen-bond acceptors (Lipinski definition) is 7. The van der Waals surface area contributed by atoms with Gasteiger partial charge in [0, 0.05) is 37.2 Å². The maximum Gasteiger partial charge on any atom is 0.240 e. The molecule has 9 heteroatoms. The zero-order valence-electron chi connectivity index (χ0n) is 28.9. The molecule has 5 unspecified atom stereocenters. The maximum atomic E-state index is 12.8. The van der Waals surface area contributed by atoms with Crippen LogP contribution in [0.2, 0.25) is 0 Å². The van der Waals surface area contributed by atoms with E-state index in [1.807, 2.05) is 36.4 Å². The van der Waals surface area contributed by atoms with Gasteiger partial charge in [0.15, 0.2) is 6.29 Å². The fourth-order valence-corrected chi connectivity index (χ4v) is 8.76. The Morgan fingerprint density at radius 1 is 0.760 bits per heavy atom. The molecule has 264 valence electrons. The van der Waals surface area contributed by atoms with Crippen LogP contribution in [0.5, 0.6) is 0 Å². The summed E-state index contributed by atoms with van der Waals surface area (Å²) >= 11 is 0. The molecule has 3 fully saturated rings. The number of sulfonamides is 1. The highest BCUT2D eigenvalue weighted by Crippen LogP contribution is 2.42. The van der Waals surface area contributed by atoms with Crippen LogP contribution in [-0.4, -0.2) is 68.2 Å². The Kier molecular flexibility index (Phi) is 11.1. The Morgan fingerprint density at radius 2 is 1.50 bits per heavy atom. The Labute approximate surface area is 297 Å². The summed E-state index contributed by atoms with van der Waals surface area (Å²) < 4.78 is 41.9. The normalized spacial score (nSPS) is 24.9. The molecule has 0 saturated carbocycles. The van der Waals surface area contributed by atoms with Gasteiger partial charge in [0.05, 0.1) is 23.7 Å². The Morgan fingerprint density at radius 3 is 2.24 bits per heavy atom. The molecule has 0 bridgehead atoms. The Balaban J connectivity index is 1.07. The standard InChI is InChI=1S/C41H49N3O5S/c1-30-39(28-44-24-8-11-37(44)27-43-22-5-6-23-43)48-41(49-40(30)34-16-14-31(29-45)15-17-34)35-20-18-33(19-21-35)36-10-7-9-32(25-36)26-42-50(46,47)38-12-3-2-4-13-38/h2-4,7,9-10,12-21,25,30,37,39-42,45H,5-6,8,11,22-24,26-29H2,1H3. The molecule has 5 atom stereocenters. The van der Waals surface area contributed by atoms with E-state index in [1.54, 1.807) is 30.3 Å². The molecule has 3 aliphatic rings. The molecule has 0 amide bonds. The van der Waals surface area contributed by atoms with Crippen LogP contribution < -0.4 is 4.72 Å². The van der Waals surface area contributed by atoms with Crippen molar-refractivity contribution in [2.45, 2.75) is 75.2 Å². The zero-order valence-corrected chi connectivity index (χ0v) is 29.7. The first-order valence-electron chi connectivity index (χ1n) is 18.1. The average Bonchev–Trinajstić information content (AvgIpc) is 3.85. The van der Waals surface area contributed by atoms with Crippen molar-refractivity contribution in [1.82, 2.24) is 14.5 Å². The molecule has 8 nitrogen and oxygen atoms in total. The lowest BCUT2D eigenvalue weighted by Gasteiger charge is -2.43. The number of ether oxygens (including phenoxy) is 2. The largest absolute Gasteiger partial charge is 0.392 e. The first-order chi connectivity index (χ1) is 24.4. The molecule has 0 aliphatic carbocycles. The van der Waals surface area contributed by atoms with E-state index in [0.717, 1.165) is 53.0 Å². The average molecular weight is 696 g/mol. The first kappa shape index (κ1) is 35.0. The molecule has 3 aliphatic heterocycles. The van der Waals surface area contributed by atoms with Crippen molar-refractivity contribution in [1.29, 1.82) is 0 Å². The van der Waals surface area contributed by atoms with Gasteiger partial charge in [-0.3, -0.25) is 4.90 Å². The molecular formula is C41H49N3O5S. The maximum absolute atomic E-state index is 12.8. The predicted molar refractivity (Wildman–Crippen MR) is 196 cm³/mol. The van der Waals surface area contributed by atoms with Crippen LogP contribution in [-0.2, 0) is 32.6 Å². The lowest BCUT2D eigenvalue weighted by atomic mass is 9.89. The van der Waals surface area contributed by atoms with Crippen LogP contribution >= 0.6 is 0 Å². The first-order valence-corrected chi connectivity index (χ1v) is 19.6. The third kappa shape index (κ3) is 8.21. The lowest BCUT2D eigenvalue weighted by molar-refractivity contribution is -0.276. The quantitative estimate of drug-likeness (QED) is 0.171. The number of nitrogens with zero attached hydrogens (tertiary/aromatic N) is 2. The summed E-state index contributed by atoms with van der Waals surface area (Å²) in [5, 5.41) is 9.64. The molecule has 4 aromatic rings. The minimum atomic E-state index is -3.60. The van der Waals surface area contributed by atoms with E-state index < -0.39 is 16.3 Å². The van der Waals surface area contributed by atoms with Gasteiger partial charge in [-0.2, -0.15) is 0 Å². The van der Waals surface area contributed by atoms with Gasteiger partial charge in [-0.15, -0.1) is 0 Å². The summed E-state index contributed by atoms with van der Waals surface area (Å²) in [6.45, 7) is 8.02. The number of likely N-dealkylation sites (tertiary alicyclic amines) is 2. The van der Waals surface area contributed by atoms with Gasteiger partial charge in [0.25, 0.3) is 0 Å².